The van der Waals surface area contributed by atoms with E-state index in [1.54, 1.807) is 12.1 Å². The molecule has 2 aromatic rings. The molecule has 0 saturated carbocycles. The van der Waals surface area contributed by atoms with Crippen LogP contribution >= 0.6 is 0 Å². The second-order valence-corrected chi connectivity index (χ2v) is 10.0. The smallest absolute Gasteiger partial charge is 0.251 e. The van der Waals surface area contributed by atoms with Crippen LogP contribution in [0.3, 0.4) is 0 Å². The number of hydrogen-bond acceptors (Lipinski definition) is 6. The maximum atomic E-state index is 12.9. The van der Waals surface area contributed by atoms with E-state index in [1.165, 1.54) is 16.4 Å². The predicted molar refractivity (Wildman–Crippen MR) is 119 cm³/mol. The summed E-state index contributed by atoms with van der Waals surface area (Å²) >= 11 is 0. The summed E-state index contributed by atoms with van der Waals surface area (Å²) in [5.74, 6) is 1.21. The molecular weight excluding hydrogens is 432 g/mol. The van der Waals surface area contributed by atoms with Gasteiger partial charge in [-0.2, -0.15) is 4.31 Å². The molecule has 9 heteroatoms. The van der Waals surface area contributed by atoms with Crippen LogP contribution in [0.5, 0.6) is 11.5 Å². The fourth-order valence-corrected chi connectivity index (χ4v) is 5.51. The first-order valence-electron chi connectivity index (χ1n) is 10.8. The topological polar surface area (TPSA) is 94.2 Å². The first-order valence-corrected chi connectivity index (χ1v) is 12.2. The Bertz CT molecular complexity index is 1060. The van der Waals surface area contributed by atoms with Gasteiger partial charge in [-0.3, -0.25) is 4.79 Å². The van der Waals surface area contributed by atoms with Crippen molar-refractivity contribution < 1.29 is 27.4 Å². The van der Waals surface area contributed by atoms with E-state index in [1.807, 2.05) is 32.0 Å². The molecule has 0 aromatic heterocycles. The number of fused-ring (bicyclic) bond motifs is 1. The highest BCUT2D eigenvalue weighted by Gasteiger charge is 2.32. The summed E-state index contributed by atoms with van der Waals surface area (Å²) < 4.78 is 44.0. The molecule has 1 amide bonds. The molecule has 0 aliphatic carbocycles. The van der Waals surface area contributed by atoms with Crippen molar-refractivity contribution in [3.05, 3.63) is 53.6 Å². The summed E-state index contributed by atoms with van der Waals surface area (Å²) in [6.45, 7) is 5.87. The number of hydrogen-bond donors (Lipinski definition) is 1. The monoisotopic (exact) mass is 460 g/mol. The summed E-state index contributed by atoms with van der Waals surface area (Å²) in [6, 6.07) is 11.8. The van der Waals surface area contributed by atoms with Crippen LogP contribution in [0.15, 0.2) is 47.4 Å². The third-order valence-electron chi connectivity index (χ3n) is 5.45. The molecule has 0 bridgehead atoms. The van der Waals surface area contributed by atoms with E-state index in [9.17, 15) is 13.2 Å². The fourth-order valence-electron chi connectivity index (χ4n) is 3.92. The highest BCUT2D eigenvalue weighted by atomic mass is 32.2. The van der Waals surface area contributed by atoms with Gasteiger partial charge in [0.15, 0.2) is 11.5 Å². The quantitative estimate of drug-likeness (QED) is 0.711. The Balaban J connectivity index is 1.34. The number of amides is 1. The van der Waals surface area contributed by atoms with Gasteiger partial charge in [-0.15, -0.1) is 0 Å². The SMILES string of the molecule is CC1CN(S(=O)(=O)c2ccc(C(=O)NCCc3ccc4c(c3)OCCO4)cc2)CC(C)O1. The Labute approximate surface area is 188 Å². The molecule has 2 atom stereocenters. The van der Waals surface area contributed by atoms with E-state index in [-0.39, 0.29) is 23.0 Å². The summed E-state index contributed by atoms with van der Waals surface area (Å²) in [4.78, 5) is 12.7. The zero-order chi connectivity index (χ0) is 22.7. The van der Waals surface area contributed by atoms with Gasteiger partial charge in [0.1, 0.15) is 13.2 Å². The maximum Gasteiger partial charge on any atom is 0.251 e. The van der Waals surface area contributed by atoms with E-state index < -0.39 is 10.0 Å². The van der Waals surface area contributed by atoms with Gasteiger partial charge in [0, 0.05) is 25.2 Å². The Morgan fingerprint density at radius 1 is 1.00 bits per heavy atom. The highest BCUT2D eigenvalue weighted by Crippen LogP contribution is 2.30. The number of benzene rings is 2. The zero-order valence-electron chi connectivity index (χ0n) is 18.2. The number of sulfonamides is 1. The van der Waals surface area contributed by atoms with Crippen molar-refractivity contribution in [2.24, 2.45) is 0 Å². The second kappa shape index (κ2) is 9.48. The largest absolute Gasteiger partial charge is 0.486 e. The molecular formula is C23H28N2O6S. The summed E-state index contributed by atoms with van der Waals surface area (Å²) in [5.41, 5.74) is 1.44. The summed E-state index contributed by atoms with van der Waals surface area (Å²) in [7, 11) is -3.63. The van der Waals surface area contributed by atoms with Gasteiger partial charge in [-0.25, -0.2) is 8.42 Å². The van der Waals surface area contributed by atoms with Crippen molar-refractivity contribution in [1.29, 1.82) is 0 Å². The van der Waals surface area contributed by atoms with Gasteiger partial charge in [0.25, 0.3) is 5.91 Å². The number of carbonyl (C=O) groups is 1. The number of rotatable bonds is 6. The molecule has 1 saturated heterocycles. The lowest BCUT2D eigenvalue weighted by Gasteiger charge is -2.34. The minimum Gasteiger partial charge on any atom is -0.486 e. The van der Waals surface area contributed by atoms with E-state index in [2.05, 4.69) is 5.32 Å². The van der Waals surface area contributed by atoms with Crippen LogP contribution < -0.4 is 14.8 Å². The molecule has 0 spiro atoms. The van der Waals surface area contributed by atoms with Gasteiger partial charge in [-0.05, 0) is 62.2 Å². The molecule has 2 aliphatic heterocycles. The fraction of sp³-hybridized carbons (Fsp3) is 0.435. The second-order valence-electron chi connectivity index (χ2n) is 8.09. The van der Waals surface area contributed by atoms with Crippen LogP contribution in [0, 0.1) is 0 Å². The average Bonchev–Trinajstić information content (AvgIpc) is 2.78. The molecule has 2 aliphatic rings. The number of nitrogens with one attached hydrogen (secondary N) is 1. The number of carbonyl (C=O) groups excluding carboxylic acids is 1. The lowest BCUT2D eigenvalue weighted by molar-refractivity contribution is -0.0440. The van der Waals surface area contributed by atoms with Gasteiger partial charge in [-0.1, -0.05) is 6.07 Å². The van der Waals surface area contributed by atoms with Gasteiger partial charge in [0.05, 0.1) is 17.1 Å². The van der Waals surface area contributed by atoms with Crippen molar-refractivity contribution in [1.82, 2.24) is 9.62 Å². The minimum atomic E-state index is -3.63. The van der Waals surface area contributed by atoms with Crippen molar-refractivity contribution in [2.75, 3.05) is 32.8 Å². The summed E-state index contributed by atoms with van der Waals surface area (Å²) in [6.07, 6.45) is 0.322. The normalized spacial score (nSPS) is 21.2. The van der Waals surface area contributed by atoms with Crippen molar-refractivity contribution in [2.45, 2.75) is 37.4 Å². The van der Waals surface area contributed by atoms with E-state index in [4.69, 9.17) is 14.2 Å². The third kappa shape index (κ3) is 5.06. The first-order chi connectivity index (χ1) is 15.3. The highest BCUT2D eigenvalue weighted by molar-refractivity contribution is 7.89. The van der Waals surface area contributed by atoms with Crippen molar-refractivity contribution >= 4 is 15.9 Å². The first kappa shape index (κ1) is 22.6. The molecule has 1 fully saturated rings. The van der Waals surface area contributed by atoms with Crippen LogP contribution in [-0.2, 0) is 21.2 Å². The Hall–Kier alpha value is -2.62. The van der Waals surface area contributed by atoms with E-state index in [0.29, 0.717) is 44.8 Å². The molecule has 172 valence electrons. The maximum absolute atomic E-state index is 12.9. The van der Waals surface area contributed by atoms with E-state index in [0.717, 1.165) is 17.1 Å². The molecule has 2 heterocycles. The van der Waals surface area contributed by atoms with Gasteiger partial charge < -0.3 is 19.5 Å². The molecule has 2 aromatic carbocycles. The molecule has 8 nitrogen and oxygen atoms in total. The number of morpholine rings is 1. The standard InChI is InChI=1S/C23H28N2O6S/c1-16-14-25(15-17(2)31-16)32(27,28)20-6-4-19(5-7-20)23(26)24-10-9-18-3-8-21-22(13-18)30-12-11-29-21/h3-8,13,16-17H,9-12,14-15H2,1-2H3,(H,24,26). The Morgan fingerprint density at radius 2 is 1.66 bits per heavy atom. The Kier molecular flexibility index (Phi) is 6.68. The van der Waals surface area contributed by atoms with Crippen molar-refractivity contribution in [3.8, 4) is 11.5 Å². The van der Waals surface area contributed by atoms with Crippen LogP contribution in [0.4, 0.5) is 0 Å². The molecule has 32 heavy (non-hydrogen) atoms. The summed E-state index contributed by atoms with van der Waals surface area (Å²) in [5, 5.41) is 2.87. The predicted octanol–water partition coefficient (Wildman–Crippen LogP) is 2.23. The lowest BCUT2D eigenvalue weighted by Crippen LogP contribution is -2.48. The van der Waals surface area contributed by atoms with E-state index >= 15 is 0 Å². The minimum absolute atomic E-state index is 0.159. The van der Waals surface area contributed by atoms with Crippen LogP contribution in [0.1, 0.15) is 29.8 Å². The number of nitrogens with zero attached hydrogens (tertiary/aromatic N) is 1. The average molecular weight is 461 g/mol. The van der Waals surface area contributed by atoms with Crippen LogP contribution in [0.2, 0.25) is 0 Å². The zero-order valence-corrected chi connectivity index (χ0v) is 19.1. The number of ether oxygens (including phenoxy) is 3. The molecule has 4 rings (SSSR count). The molecule has 2 unspecified atom stereocenters. The van der Waals surface area contributed by atoms with Gasteiger partial charge in [0.2, 0.25) is 10.0 Å². The van der Waals surface area contributed by atoms with Crippen molar-refractivity contribution in [3.63, 3.8) is 0 Å². The van der Waals surface area contributed by atoms with Crippen LogP contribution in [0.25, 0.3) is 0 Å². The molecule has 1 N–H and O–H groups in total. The van der Waals surface area contributed by atoms with Gasteiger partial charge >= 0.3 is 0 Å². The Morgan fingerprint density at radius 3 is 2.34 bits per heavy atom. The molecule has 0 radical (unpaired) electrons. The van der Waals surface area contributed by atoms with Crippen LogP contribution in [-0.4, -0.2) is 63.7 Å². The third-order valence-corrected chi connectivity index (χ3v) is 7.29. The lowest BCUT2D eigenvalue weighted by atomic mass is 10.1.